The van der Waals surface area contributed by atoms with Crippen LogP contribution >= 0.6 is 0 Å². The summed E-state index contributed by atoms with van der Waals surface area (Å²) in [5, 5.41) is 3.28. The Morgan fingerprint density at radius 1 is 1.14 bits per heavy atom. The van der Waals surface area contributed by atoms with Crippen molar-refractivity contribution in [3.05, 3.63) is 24.3 Å². The van der Waals surface area contributed by atoms with Crippen LogP contribution in [0.4, 0.5) is 13.2 Å². The van der Waals surface area contributed by atoms with Gasteiger partial charge in [0.15, 0.2) is 11.5 Å². The minimum atomic E-state index is -4.73. The molecule has 0 spiro atoms. The third-order valence-corrected chi connectivity index (χ3v) is 2.88. The molecule has 1 aromatic carbocycles. The lowest BCUT2D eigenvalue weighted by atomic mass is 10.2. The van der Waals surface area contributed by atoms with E-state index in [1.165, 1.54) is 18.2 Å². The Balaban J connectivity index is 2.57. The van der Waals surface area contributed by atoms with Gasteiger partial charge in [0.25, 0.3) is 0 Å². The lowest BCUT2D eigenvalue weighted by Crippen LogP contribution is -2.35. The molecular formula is C15H22F3NO2. The van der Waals surface area contributed by atoms with Crippen LogP contribution in [0.15, 0.2) is 24.3 Å². The fourth-order valence-electron chi connectivity index (χ4n) is 1.92. The highest BCUT2D eigenvalue weighted by Crippen LogP contribution is 2.32. The van der Waals surface area contributed by atoms with E-state index in [2.05, 4.69) is 23.9 Å². The lowest BCUT2D eigenvalue weighted by molar-refractivity contribution is -0.275. The van der Waals surface area contributed by atoms with Crippen LogP contribution in [-0.2, 0) is 0 Å². The van der Waals surface area contributed by atoms with Crippen molar-refractivity contribution in [3.8, 4) is 11.5 Å². The lowest BCUT2D eigenvalue weighted by Gasteiger charge is -2.20. The number of benzene rings is 1. The van der Waals surface area contributed by atoms with Crippen molar-refractivity contribution < 1.29 is 22.6 Å². The molecule has 0 aliphatic heterocycles. The number of rotatable bonds is 8. The topological polar surface area (TPSA) is 30.5 Å². The van der Waals surface area contributed by atoms with Gasteiger partial charge in [0, 0.05) is 12.6 Å². The van der Waals surface area contributed by atoms with Crippen LogP contribution in [0.5, 0.6) is 11.5 Å². The van der Waals surface area contributed by atoms with E-state index in [-0.39, 0.29) is 17.6 Å². The van der Waals surface area contributed by atoms with E-state index in [4.69, 9.17) is 4.74 Å². The van der Waals surface area contributed by atoms with Crippen LogP contribution in [-0.4, -0.2) is 25.1 Å². The van der Waals surface area contributed by atoms with E-state index in [0.29, 0.717) is 12.6 Å². The first kappa shape index (κ1) is 17.6. The Morgan fingerprint density at radius 2 is 1.76 bits per heavy atom. The monoisotopic (exact) mass is 305 g/mol. The number of halogens is 3. The zero-order valence-electron chi connectivity index (χ0n) is 12.5. The highest BCUT2D eigenvalue weighted by molar-refractivity contribution is 5.39. The van der Waals surface area contributed by atoms with Crippen LogP contribution in [0.3, 0.4) is 0 Å². The fraction of sp³-hybridized carbons (Fsp3) is 0.600. The maximum Gasteiger partial charge on any atom is 0.573 e. The summed E-state index contributed by atoms with van der Waals surface area (Å²) in [7, 11) is 0. The highest BCUT2D eigenvalue weighted by Gasteiger charge is 2.32. The van der Waals surface area contributed by atoms with Crippen molar-refractivity contribution >= 4 is 0 Å². The number of ether oxygens (including phenoxy) is 2. The minimum absolute atomic E-state index is 0.0901. The smallest absolute Gasteiger partial charge is 0.485 e. The Bertz CT molecular complexity index is 424. The van der Waals surface area contributed by atoms with Crippen LogP contribution in [0, 0.1) is 0 Å². The van der Waals surface area contributed by atoms with Crippen LogP contribution in [0.2, 0.25) is 0 Å². The van der Waals surface area contributed by atoms with Gasteiger partial charge in [-0.25, -0.2) is 0 Å². The first-order valence-electron chi connectivity index (χ1n) is 7.06. The third-order valence-electron chi connectivity index (χ3n) is 2.88. The largest absolute Gasteiger partial charge is 0.573 e. The van der Waals surface area contributed by atoms with Gasteiger partial charge in [-0.05, 0) is 32.4 Å². The number of alkyl halides is 3. The van der Waals surface area contributed by atoms with Gasteiger partial charge in [0.1, 0.15) is 6.10 Å². The average molecular weight is 305 g/mol. The van der Waals surface area contributed by atoms with E-state index in [0.717, 1.165) is 12.8 Å². The second-order valence-corrected chi connectivity index (χ2v) is 5.02. The quantitative estimate of drug-likeness (QED) is 0.783. The molecule has 0 bridgehead atoms. The summed E-state index contributed by atoms with van der Waals surface area (Å²) >= 11 is 0. The molecule has 0 saturated heterocycles. The number of hydrogen-bond donors (Lipinski definition) is 1. The molecule has 2 unspecified atom stereocenters. The normalized spacial score (nSPS) is 14.6. The Labute approximate surface area is 123 Å². The molecule has 0 aliphatic carbocycles. The molecule has 21 heavy (non-hydrogen) atoms. The highest BCUT2D eigenvalue weighted by atomic mass is 19.4. The number of hydrogen-bond acceptors (Lipinski definition) is 3. The van der Waals surface area contributed by atoms with Crippen LogP contribution in [0.1, 0.15) is 33.6 Å². The van der Waals surface area contributed by atoms with Gasteiger partial charge in [-0.3, -0.25) is 0 Å². The molecule has 0 aromatic heterocycles. The van der Waals surface area contributed by atoms with Gasteiger partial charge in [-0.2, -0.15) is 0 Å². The second-order valence-electron chi connectivity index (χ2n) is 5.02. The Hall–Kier alpha value is -1.43. The predicted molar refractivity (Wildman–Crippen MR) is 75.6 cm³/mol. The van der Waals surface area contributed by atoms with Crippen molar-refractivity contribution in [2.75, 3.05) is 6.54 Å². The summed E-state index contributed by atoms with van der Waals surface area (Å²) in [4.78, 5) is 0. The number of nitrogens with one attached hydrogen (secondary N) is 1. The third kappa shape index (κ3) is 7.22. The summed E-state index contributed by atoms with van der Waals surface area (Å²) in [5.41, 5.74) is 0. The molecule has 6 heteroatoms. The average Bonchev–Trinajstić information content (AvgIpc) is 2.37. The molecule has 0 fully saturated rings. The molecular weight excluding hydrogens is 283 g/mol. The van der Waals surface area contributed by atoms with Gasteiger partial charge in [0.2, 0.25) is 0 Å². The molecule has 120 valence electrons. The van der Waals surface area contributed by atoms with Crippen LogP contribution < -0.4 is 14.8 Å². The zero-order chi connectivity index (χ0) is 15.9. The van der Waals surface area contributed by atoms with Gasteiger partial charge in [0.05, 0.1) is 0 Å². The van der Waals surface area contributed by atoms with Gasteiger partial charge >= 0.3 is 6.36 Å². The molecule has 1 rings (SSSR count). The van der Waals surface area contributed by atoms with E-state index >= 15 is 0 Å². The summed E-state index contributed by atoms with van der Waals surface area (Å²) in [6.45, 7) is 6.53. The van der Waals surface area contributed by atoms with E-state index in [9.17, 15) is 13.2 Å². The van der Waals surface area contributed by atoms with Crippen molar-refractivity contribution in [2.24, 2.45) is 0 Å². The molecule has 0 saturated carbocycles. The second kappa shape index (κ2) is 8.12. The summed E-state index contributed by atoms with van der Waals surface area (Å²) in [6.07, 6.45) is -2.87. The molecule has 0 heterocycles. The van der Waals surface area contributed by atoms with Gasteiger partial charge in [-0.15, -0.1) is 13.2 Å². The molecule has 1 N–H and O–H groups in total. The first-order chi connectivity index (χ1) is 9.81. The Morgan fingerprint density at radius 3 is 2.33 bits per heavy atom. The van der Waals surface area contributed by atoms with Gasteiger partial charge < -0.3 is 14.8 Å². The maximum absolute atomic E-state index is 12.3. The minimum Gasteiger partial charge on any atom is -0.485 e. The maximum atomic E-state index is 12.3. The summed E-state index contributed by atoms with van der Waals surface area (Å²) in [5.74, 6) is -0.231. The molecule has 1 aromatic rings. The fourth-order valence-corrected chi connectivity index (χ4v) is 1.92. The standard InChI is InChI=1S/C15H22F3NO2/c1-4-7-11(2)19-10-12(3)20-13-8-5-6-9-14(13)21-15(16,17)18/h5-6,8-9,11-12,19H,4,7,10H2,1-3H3. The SMILES string of the molecule is CCCC(C)NCC(C)Oc1ccccc1OC(F)(F)F. The van der Waals surface area contributed by atoms with E-state index in [1.807, 2.05) is 0 Å². The summed E-state index contributed by atoms with van der Waals surface area (Å²) < 4.78 is 46.4. The molecule has 0 radical (unpaired) electrons. The van der Waals surface area contributed by atoms with Crippen molar-refractivity contribution in [3.63, 3.8) is 0 Å². The molecule has 3 nitrogen and oxygen atoms in total. The van der Waals surface area contributed by atoms with Crippen LogP contribution in [0.25, 0.3) is 0 Å². The number of para-hydroxylation sites is 2. The van der Waals surface area contributed by atoms with Gasteiger partial charge in [-0.1, -0.05) is 25.5 Å². The zero-order valence-corrected chi connectivity index (χ0v) is 12.5. The Kier molecular flexibility index (Phi) is 6.81. The van der Waals surface area contributed by atoms with Crippen molar-refractivity contribution in [1.82, 2.24) is 5.32 Å². The first-order valence-corrected chi connectivity index (χ1v) is 7.06. The van der Waals surface area contributed by atoms with E-state index in [1.54, 1.807) is 13.0 Å². The molecule has 0 aliphatic rings. The predicted octanol–water partition coefficient (Wildman–Crippen LogP) is 4.13. The van der Waals surface area contributed by atoms with Crippen molar-refractivity contribution in [1.29, 1.82) is 0 Å². The molecule has 0 amide bonds. The summed E-state index contributed by atoms with van der Waals surface area (Å²) in [6, 6.07) is 6.14. The van der Waals surface area contributed by atoms with Crippen molar-refractivity contribution in [2.45, 2.75) is 52.1 Å². The molecule has 2 atom stereocenters. The van der Waals surface area contributed by atoms with E-state index < -0.39 is 6.36 Å².